The van der Waals surface area contributed by atoms with Crippen molar-refractivity contribution in [2.75, 3.05) is 17.7 Å². The summed E-state index contributed by atoms with van der Waals surface area (Å²) in [4.78, 5) is 18.3. The fourth-order valence-electron chi connectivity index (χ4n) is 4.20. The van der Waals surface area contributed by atoms with Gasteiger partial charge in [0.05, 0.1) is 12.7 Å². The number of ether oxygens (including phenoxy) is 1. The van der Waals surface area contributed by atoms with Crippen molar-refractivity contribution in [1.82, 2.24) is 14.8 Å². The summed E-state index contributed by atoms with van der Waals surface area (Å²) in [6.45, 7) is 3.93. The zero-order valence-corrected chi connectivity index (χ0v) is 19.2. The van der Waals surface area contributed by atoms with Gasteiger partial charge in [0.2, 0.25) is 5.95 Å². The number of para-hydroxylation sites is 1. The van der Waals surface area contributed by atoms with Crippen LogP contribution in [0, 0.1) is 6.92 Å². The molecule has 0 fully saturated rings. The van der Waals surface area contributed by atoms with E-state index in [0.29, 0.717) is 17.3 Å². The Balaban J connectivity index is 1.61. The number of aromatic nitrogens is 3. The highest BCUT2D eigenvalue weighted by Crippen LogP contribution is 2.37. The second-order valence-corrected chi connectivity index (χ2v) is 8.24. The molecule has 7 heteroatoms. The highest BCUT2D eigenvalue weighted by atomic mass is 16.5. The van der Waals surface area contributed by atoms with Gasteiger partial charge >= 0.3 is 0 Å². The average Bonchev–Trinajstić information content (AvgIpc) is 3.27. The maximum absolute atomic E-state index is 13.5. The quantitative estimate of drug-likeness (QED) is 0.436. The molecular formula is C27H25N5O2. The van der Waals surface area contributed by atoms with Crippen molar-refractivity contribution in [1.29, 1.82) is 0 Å². The number of hydrogen-bond acceptors (Lipinski definition) is 5. The van der Waals surface area contributed by atoms with Crippen LogP contribution >= 0.6 is 0 Å². The normalized spacial score (nSPS) is 14.9. The summed E-state index contributed by atoms with van der Waals surface area (Å²) < 4.78 is 7.15. The molecule has 1 amide bonds. The number of nitrogens with one attached hydrogen (secondary N) is 2. The van der Waals surface area contributed by atoms with Gasteiger partial charge in [-0.1, -0.05) is 60.2 Å². The first-order valence-corrected chi connectivity index (χ1v) is 11.0. The van der Waals surface area contributed by atoms with Crippen molar-refractivity contribution < 1.29 is 9.53 Å². The smallest absolute Gasteiger partial charge is 0.255 e. The number of allylic oxidation sites excluding steroid dienone is 1. The van der Waals surface area contributed by atoms with Crippen LogP contribution in [0.3, 0.4) is 0 Å². The molecule has 2 heterocycles. The lowest BCUT2D eigenvalue weighted by molar-refractivity contribution is -0.113. The molecule has 3 aromatic carbocycles. The second-order valence-electron chi connectivity index (χ2n) is 8.24. The van der Waals surface area contributed by atoms with Gasteiger partial charge in [-0.05, 0) is 43.7 Å². The third-order valence-corrected chi connectivity index (χ3v) is 5.81. The number of carbonyl (C=O) groups excluding carboxylic acids is 1. The van der Waals surface area contributed by atoms with E-state index in [9.17, 15) is 4.79 Å². The monoisotopic (exact) mass is 451 g/mol. The van der Waals surface area contributed by atoms with E-state index < -0.39 is 6.04 Å². The fourth-order valence-corrected chi connectivity index (χ4v) is 4.20. The number of benzene rings is 3. The summed E-state index contributed by atoms with van der Waals surface area (Å²) in [6, 6.07) is 24.7. The summed E-state index contributed by atoms with van der Waals surface area (Å²) in [5, 5.41) is 11.1. The highest BCUT2D eigenvalue weighted by molar-refractivity contribution is 6.06. The number of amides is 1. The van der Waals surface area contributed by atoms with Gasteiger partial charge in [-0.3, -0.25) is 4.79 Å². The number of nitrogens with zero attached hydrogens (tertiary/aromatic N) is 3. The van der Waals surface area contributed by atoms with Gasteiger partial charge < -0.3 is 15.4 Å². The molecule has 0 bridgehead atoms. The number of fused-ring (bicyclic) bond motifs is 1. The Morgan fingerprint density at radius 3 is 2.56 bits per heavy atom. The van der Waals surface area contributed by atoms with Crippen LogP contribution in [0.2, 0.25) is 0 Å². The number of carbonyl (C=O) groups is 1. The van der Waals surface area contributed by atoms with Crippen LogP contribution in [0.5, 0.6) is 5.75 Å². The molecule has 2 N–H and O–H groups in total. The molecule has 0 saturated carbocycles. The van der Waals surface area contributed by atoms with Gasteiger partial charge in [0.15, 0.2) is 5.82 Å². The standard InChI is InChI=1S/C27H25N5O2/c1-17-9-7-10-19(15-17)24-23(26(33)29-21-12-5-4-6-13-21)18(2)28-27-30-25(31-32(24)27)20-11-8-14-22(16-20)34-3/h4-16,24H,1-3H3,(H,29,33)(H,28,30,31). The third-order valence-electron chi connectivity index (χ3n) is 5.81. The van der Waals surface area contributed by atoms with Gasteiger partial charge in [-0.2, -0.15) is 4.98 Å². The zero-order chi connectivity index (χ0) is 23.7. The van der Waals surface area contributed by atoms with E-state index in [2.05, 4.69) is 16.7 Å². The Morgan fingerprint density at radius 2 is 1.79 bits per heavy atom. The van der Waals surface area contributed by atoms with Gasteiger partial charge in [0, 0.05) is 16.9 Å². The number of rotatable bonds is 5. The molecule has 1 atom stereocenters. The number of methoxy groups -OCH3 is 1. The Hall–Kier alpha value is -4.39. The summed E-state index contributed by atoms with van der Waals surface area (Å²) in [6.07, 6.45) is 0. The number of aryl methyl sites for hydroxylation is 1. The van der Waals surface area contributed by atoms with Crippen LogP contribution in [-0.2, 0) is 4.79 Å². The molecule has 1 aliphatic rings. The van der Waals surface area contributed by atoms with Crippen LogP contribution in [0.15, 0.2) is 90.1 Å². The van der Waals surface area contributed by atoms with Crippen molar-refractivity contribution >= 4 is 17.5 Å². The Bertz CT molecular complexity index is 1390. The molecule has 0 radical (unpaired) electrons. The molecule has 34 heavy (non-hydrogen) atoms. The Kier molecular flexibility index (Phi) is 5.59. The van der Waals surface area contributed by atoms with Gasteiger partial charge in [0.1, 0.15) is 11.8 Å². The minimum Gasteiger partial charge on any atom is -0.497 e. The molecular weight excluding hydrogens is 426 g/mol. The summed E-state index contributed by atoms with van der Waals surface area (Å²) in [5.74, 6) is 1.67. The van der Waals surface area contributed by atoms with Crippen LogP contribution < -0.4 is 15.4 Å². The molecule has 7 nitrogen and oxygen atoms in total. The lowest BCUT2D eigenvalue weighted by atomic mass is 9.94. The fraction of sp³-hybridized carbons (Fsp3) is 0.148. The molecule has 4 aromatic rings. The lowest BCUT2D eigenvalue weighted by Gasteiger charge is -2.29. The van der Waals surface area contributed by atoms with E-state index in [4.69, 9.17) is 14.8 Å². The van der Waals surface area contributed by atoms with Crippen molar-refractivity contribution in [2.24, 2.45) is 0 Å². The number of hydrogen-bond donors (Lipinski definition) is 2. The molecule has 1 aromatic heterocycles. The van der Waals surface area contributed by atoms with E-state index in [-0.39, 0.29) is 5.91 Å². The molecule has 0 saturated heterocycles. The molecule has 0 aliphatic carbocycles. The first-order chi connectivity index (χ1) is 16.5. The van der Waals surface area contributed by atoms with E-state index in [1.807, 2.05) is 86.6 Å². The van der Waals surface area contributed by atoms with Gasteiger partial charge in [-0.25, -0.2) is 4.68 Å². The lowest BCUT2D eigenvalue weighted by Crippen LogP contribution is -2.31. The Morgan fingerprint density at radius 1 is 1.00 bits per heavy atom. The predicted molar refractivity (Wildman–Crippen MR) is 133 cm³/mol. The molecule has 0 spiro atoms. The van der Waals surface area contributed by atoms with Crippen LogP contribution in [-0.4, -0.2) is 27.8 Å². The summed E-state index contributed by atoms with van der Waals surface area (Å²) in [5.41, 5.74) is 4.95. The second kappa shape index (κ2) is 8.86. The van der Waals surface area contributed by atoms with E-state index >= 15 is 0 Å². The van der Waals surface area contributed by atoms with E-state index in [1.54, 1.807) is 11.8 Å². The van der Waals surface area contributed by atoms with E-state index in [0.717, 1.165) is 33.8 Å². The minimum atomic E-state index is -0.438. The maximum Gasteiger partial charge on any atom is 0.255 e. The van der Waals surface area contributed by atoms with Crippen molar-refractivity contribution in [3.63, 3.8) is 0 Å². The summed E-state index contributed by atoms with van der Waals surface area (Å²) >= 11 is 0. The van der Waals surface area contributed by atoms with Crippen molar-refractivity contribution in [3.8, 4) is 17.1 Å². The van der Waals surface area contributed by atoms with Crippen LogP contribution in [0.4, 0.5) is 11.6 Å². The number of anilines is 2. The highest BCUT2D eigenvalue weighted by Gasteiger charge is 2.34. The molecule has 5 rings (SSSR count). The first kappa shape index (κ1) is 21.5. The first-order valence-electron chi connectivity index (χ1n) is 11.0. The Labute approximate surface area is 198 Å². The SMILES string of the molecule is COc1cccc(-c2nc3n(n2)C(c2cccc(C)c2)C(C(=O)Nc2ccccc2)=C(C)N3)c1. The zero-order valence-electron chi connectivity index (χ0n) is 19.2. The predicted octanol–water partition coefficient (Wildman–Crippen LogP) is 5.19. The summed E-state index contributed by atoms with van der Waals surface area (Å²) in [7, 11) is 1.63. The maximum atomic E-state index is 13.5. The minimum absolute atomic E-state index is 0.188. The average molecular weight is 452 g/mol. The van der Waals surface area contributed by atoms with Crippen LogP contribution in [0.25, 0.3) is 11.4 Å². The third kappa shape index (κ3) is 4.03. The molecule has 1 unspecified atom stereocenters. The van der Waals surface area contributed by atoms with Gasteiger partial charge in [-0.15, -0.1) is 5.10 Å². The van der Waals surface area contributed by atoms with Gasteiger partial charge in [0.25, 0.3) is 5.91 Å². The topological polar surface area (TPSA) is 81.1 Å². The molecule has 1 aliphatic heterocycles. The van der Waals surface area contributed by atoms with Crippen molar-refractivity contribution in [3.05, 3.63) is 101 Å². The largest absolute Gasteiger partial charge is 0.497 e. The van der Waals surface area contributed by atoms with Crippen LogP contribution in [0.1, 0.15) is 24.1 Å². The van der Waals surface area contributed by atoms with E-state index in [1.165, 1.54) is 0 Å². The van der Waals surface area contributed by atoms with Crippen molar-refractivity contribution in [2.45, 2.75) is 19.9 Å². The molecule has 170 valence electrons.